The molecule has 0 spiro atoms. The minimum absolute atomic E-state index is 0.294. The minimum Gasteiger partial charge on any atom is -0.478 e. The summed E-state index contributed by atoms with van der Waals surface area (Å²) in [6, 6.07) is 14.3. The van der Waals surface area contributed by atoms with Gasteiger partial charge in [0.15, 0.2) is 0 Å². The van der Waals surface area contributed by atoms with Crippen LogP contribution in [-0.4, -0.2) is 52.7 Å². The highest BCUT2D eigenvalue weighted by atomic mass is 35.5. The maximum absolute atomic E-state index is 9.55. The Hall–Kier alpha value is -2.70. The Balaban J connectivity index is 0.000000387. The van der Waals surface area contributed by atoms with Gasteiger partial charge in [0, 0.05) is 35.0 Å². The Bertz CT molecular complexity index is 748. The van der Waals surface area contributed by atoms with Gasteiger partial charge in [-0.3, -0.25) is 4.98 Å². The van der Waals surface area contributed by atoms with Crippen LogP contribution in [0.15, 0.2) is 60.8 Å². The lowest BCUT2D eigenvalue weighted by Gasteiger charge is -2.19. The number of rotatable bonds is 7. The molecule has 2 N–H and O–H groups in total. The average molecular weight is 391 g/mol. The summed E-state index contributed by atoms with van der Waals surface area (Å²) in [5, 5.41) is 16.4. The highest BCUT2D eigenvalue weighted by Crippen LogP contribution is 2.27. The molecular formula is C20H23ClN2O4. The average Bonchev–Trinajstić information content (AvgIpc) is 2.61. The maximum Gasteiger partial charge on any atom is 0.328 e. The van der Waals surface area contributed by atoms with Crippen molar-refractivity contribution in [1.29, 1.82) is 0 Å². The predicted molar refractivity (Wildman–Crippen MR) is 105 cm³/mol. The van der Waals surface area contributed by atoms with Crippen LogP contribution in [0.5, 0.6) is 0 Å². The van der Waals surface area contributed by atoms with Gasteiger partial charge < -0.3 is 15.1 Å². The fourth-order valence-electron chi connectivity index (χ4n) is 2.31. The van der Waals surface area contributed by atoms with E-state index in [-0.39, 0.29) is 0 Å². The van der Waals surface area contributed by atoms with Gasteiger partial charge in [0.25, 0.3) is 0 Å². The zero-order valence-corrected chi connectivity index (χ0v) is 16.0. The van der Waals surface area contributed by atoms with Crippen LogP contribution in [-0.2, 0) is 9.59 Å². The van der Waals surface area contributed by atoms with Crippen LogP contribution in [0.3, 0.4) is 0 Å². The van der Waals surface area contributed by atoms with Crippen molar-refractivity contribution in [3.63, 3.8) is 0 Å². The number of pyridine rings is 1. The van der Waals surface area contributed by atoms with Crippen molar-refractivity contribution in [2.45, 2.75) is 12.3 Å². The quantitative estimate of drug-likeness (QED) is 0.703. The van der Waals surface area contributed by atoms with Crippen LogP contribution in [0.4, 0.5) is 0 Å². The van der Waals surface area contributed by atoms with Crippen LogP contribution in [0.2, 0.25) is 5.02 Å². The molecule has 0 radical (unpaired) electrons. The molecule has 0 saturated carbocycles. The number of aromatic nitrogens is 1. The Morgan fingerprint density at radius 3 is 2.19 bits per heavy atom. The standard InChI is InChI=1S/C16H19ClN2.C4H4O4/c1-19(2)11-9-15(13-6-4-3-5-7-13)16-12-14(17)8-10-18-16;5-3(6)1-2-4(7)8/h3-8,10,12,15H,9,11H2,1-2H3;1-2H,(H,5,6)(H,7,8)/b;2-1+. The van der Waals surface area contributed by atoms with E-state index < -0.39 is 11.9 Å². The molecule has 2 rings (SSSR count). The van der Waals surface area contributed by atoms with Crippen LogP contribution in [0, 0.1) is 0 Å². The van der Waals surface area contributed by atoms with E-state index in [0.29, 0.717) is 18.1 Å². The highest BCUT2D eigenvalue weighted by Gasteiger charge is 2.15. The molecular weight excluding hydrogens is 368 g/mol. The Morgan fingerprint density at radius 2 is 1.70 bits per heavy atom. The Kier molecular flexibility index (Phi) is 9.79. The molecule has 0 aliphatic carbocycles. The van der Waals surface area contributed by atoms with E-state index in [9.17, 15) is 9.59 Å². The van der Waals surface area contributed by atoms with Crippen molar-refractivity contribution < 1.29 is 19.8 Å². The van der Waals surface area contributed by atoms with Gasteiger partial charge in [-0.25, -0.2) is 9.59 Å². The van der Waals surface area contributed by atoms with E-state index in [0.717, 1.165) is 23.7 Å². The van der Waals surface area contributed by atoms with Gasteiger partial charge in [0.2, 0.25) is 0 Å². The number of hydrogen-bond acceptors (Lipinski definition) is 4. The summed E-state index contributed by atoms with van der Waals surface area (Å²) in [6.45, 7) is 1.02. The summed E-state index contributed by atoms with van der Waals surface area (Å²) >= 11 is 6.09. The largest absolute Gasteiger partial charge is 0.478 e. The first-order valence-electron chi connectivity index (χ1n) is 8.24. The lowest BCUT2D eigenvalue weighted by Crippen LogP contribution is -2.17. The first-order chi connectivity index (χ1) is 12.8. The molecule has 1 aromatic heterocycles. The molecule has 1 unspecified atom stereocenters. The smallest absolute Gasteiger partial charge is 0.328 e. The monoisotopic (exact) mass is 390 g/mol. The summed E-state index contributed by atoms with van der Waals surface area (Å²) in [7, 11) is 4.18. The number of aliphatic carboxylic acids is 2. The van der Waals surface area contributed by atoms with Crippen molar-refractivity contribution in [3.8, 4) is 0 Å². The summed E-state index contributed by atoms with van der Waals surface area (Å²) in [6.07, 6.45) is 3.93. The van der Waals surface area contributed by atoms with Gasteiger partial charge in [-0.1, -0.05) is 41.9 Å². The second-order valence-electron chi connectivity index (χ2n) is 5.96. The van der Waals surface area contributed by atoms with Gasteiger partial charge in [-0.15, -0.1) is 0 Å². The molecule has 144 valence electrons. The molecule has 1 aromatic carbocycles. The zero-order valence-electron chi connectivity index (χ0n) is 15.2. The summed E-state index contributed by atoms with van der Waals surface area (Å²) in [4.78, 5) is 25.8. The van der Waals surface area contributed by atoms with E-state index in [2.05, 4.69) is 48.2 Å². The molecule has 2 aromatic rings. The van der Waals surface area contributed by atoms with E-state index in [1.807, 2.05) is 18.2 Å². The first-order valence-corrected chi connectivity index (χ1v) is 8.62. The van der Waals surface area contributed by atoms with Crippen molar-refractivity contribution in [2.24, 2.45) is 0 Å². The summed E-state index contributed by atoms with van der Waals surface area (Å²) < 4.78 is 0. The van der Waals surface area contributed by atoms with Crippen LogP contribution < -0.4 is 0 Å². The molecule has 0 amide bonds. The number of carboxylic acid groups (broad SMARTS) is 2. The van der Waals surface area contributed by atoms with Crippen molar-refractivity contribution in [1.82, 2.24) is 9.88 Å². The molecule has 1 heterocycles. The van der Waals surface area contributed by atoms with Gasteiger partial charge in [0.05, 0.1) is 0 Å². The van der Waals surface area contributed by atoms with E-state index in [1.54, 1.807) is 6.20 Å². The predicted octanol–water partition coefficient (Wildman–Crippen LogP) is 3.53. The second-order valence-corrected chi connectivity index (χ2v) is 6.40. The van der Waals surface area contributed by atoms with E-state index >= 15 is 0 Å². The minimum atomic E-state index is -1.26. The van der Waals surface area contributed by atoms with Gasteiger partial charge >= 0.3 is 11.9 Å². The molecule has 0 bridgehead atoms. The number of benzene rings is 1. The number of carbonyl (C=O) groups is 2. The normalized spacial score (nSPS) is 11.7. The molecule has 0 saturated heterocycles. The molecule has 0 aliphatic rings. The Labute approximate surface area is 163 Å². The van der Waals surface area contributed by atoms with E-state index in [1.165, 1.54) is 5.56 Å². The third-order valence-electron chi connectivity index (χ3n) is 3.54. The molecule has 0 aliphatic heterocycles. The number of halogens is 1. The van der Waals surface area contributed by atoms with Gasteiger partial charge in [-0.2, -0.15) is 0 Å². The SMILES string of the molecule is CN(C)CCC(c1ccccc1)c1cc(Cl)ccn1.O=C(O)/C=C/C(=O)O. The topological polar surface area (TPSA) is 90.7 Å². The molecule has 1 atom stereocenters. The zero-order chi connectivity index (χ0) is 20.2. The molecule has 0 fully saturated rings. The van der Waals surface area contributed by atoms with Crippen molar-refractivity contribution in [2.75, 3.05) is 20.6 Å². The van der Waals surface area contributed by atoms with Gasteiger partial charge in [0.1, 0.15) is 0 Å². The fourth-order valence-corrected chi connectivity index (χ4v) is 2.48. The lowest BCUT2D eigenvalue weighted by molar-refractivity contribution is -0.134. The van der Waals surface area contributed by atoms with Gasteiger partial charge in [-0.05, 0) is 44.8 Å². The van der Waals surface area contributed by atoms with Crippen LogP contribution in [0.1, 0.15) is 23.6 Å². The van der Waals surface area contributed by atoms with Crippen LogP contribution >= 0.6 is 11.6 Å². The molecule has 6 nitrogen and oxygen atoms in total. The maximum atomic E-state index is 9.55. The second kappa shape index (κ2) is 11.8. The van der Waals surface area contributed by atoms with Crippen LogP contribution in [0.25, 0.3) is 0 Å². The van der Waals surface area contributed by atoms with Crippen molar-refractivity contribution >= 4 is 23.5 Å². The van der Waals surface area contributed by atoms with E-state index in [4.69, 9.17) is 21.8 Å². The number of nitrogens with zero attached hydrogens (tertiary/aromatic N) is 2. The number of carboxylic acids is 2. The highest BCUT2D eigenvalue weighted by molar-refractivity contribution is 6.30. The third kappa shape index (κ3) is 9.53. The summed E-state index contributed by atoms with van der Waals surface area (Å²) in [5.74, 6) is -2.22. The number of hydrogen-bond donors (Lipinski definition) is 2. The Morgan fingerprint density at radius 1 is 1.11 bits per heavy atom. The van der Waals surface area contributed by atoms with Crippen molar-refractivity contribution in [3.05, 3.63) is 77.1 Å². The molecule has 7 heteroatoms. The third-order valence-corrected chi connectivity index (χ3v) is 3.77. The lowest BCUT2D eigenvalue weighted by atomic mass is 9.92. The molecule has 27 heavy (non-hydrogen) atoms. The fraction of sp³-hybridized carbons (Fsp3) is 0.250. The first kappa shape index (κ1) is 22.3. The summed E-state index contributed by atoms with van der Waals surface area (Å²) in [5.41, 5.74) is 2.33.